The number of anilines is 1. The molecule has 0 unspecified atom stereocenters. The molecule has 2 rings (SSSR count). The normalized spacial score (nSPS) is 10.1. The third kappa shape index (κ3) is 2.87. The maximum atomic E-state index is 5.88. The largest absolute Gasteiger partial charge is 0.366 e. The monoisotopic (exact) mass is 252 g/mol. The molecule has 0 bridgehead atoms. The fourth-order valence-electron chi connectivity index (χ4n) is 1.30. The Bertz CT molecular complexity index is 472. The quantitative estimate of drug-likeness (QED) is 0.894. The topological polar surface area (TPSA) is 24.9 Å². The van der Waals surface area contributed by atoms with E-state index >= 15 is 0 Å². The van der Waals surface area contributed by atoms with Gasteiger partial charge in [-0.15, -0.1) is 0 Å². The Labute approximate surface area is 104 Å². The number of nitrogens with one attached hydrogen (secondary N) is 1. The summed E-state index contributed by atoms with van der Waals surface area (Å²) in [4.78, 5) is 4.13. The third-order valence-electron chi connectivity index (χ3n) is 2.13. The molecule has 2 nitrogen and oxygen atoms in total. The highest BCUT2D eigenvalue weighted by Crippen LogP contribution is 2.22. The van der Waals surface area contributed by atoms with Gasteiger partial charge in [0, 0.05) is 18.8 Å². The van der Waals surface area contributed by atoms with E-state index in [0.717, 1.165) is 5.82 Å². The molecule has 0 aliphatic carbocycles. The van der Waals surface area contributed by atoms with Crippen LogP contribution in [-0.2, 0) is 6.54 Å². The lowest BCUT2D eigenvalue weighted by atomic mass is 10.2. The maximum Gasteiger partial charge on any atom is 0.127 e. The minimum atomic E-state index is 0.465. The highest BCUT2D eigenvalue weighted by atomic mass is 35.5. The van der Waals surface area contributed by atoms with Crippen LogP contribution in [0.15, 0.2) is 42.6 Å². The predicted octanol–water partition coefficient (Wildman–Crippen LogP) is 4.00. The number of hydrogen-bond acceptors (Lipinski definition) is 2. The molecule has 0 aliphatic rings. The van der Waals surface area contributed by atoms with Gasteiger partial charge in [0.15, 0.2) is 0 Å². The van der Waals surface area contributed by atoms with Crippen molar-refractivity contribution in [1.82, 2.24) is 4.98 Å². The maximum absolute atomic E-state index is 5.88. The van der Waals surface area contributed by atoms with E-state index in [4.69, 9.17) is 23.2 Å². The lowest BCUT2D eigenvalue weighted by molar-refractivity contribution is 1.11. The van der Waals surface area contributed by atoms with E-state index in [1.807, 2.05) is 30.3 Å². The van der Waals surface area contributed by atoms with Crippen molar-refractivity contribution in [2.75, 3.05) is 5.32 Å². The fraction of sp³-hybridized carbons (Fsp3) is 0.0833. The van der Waals surface area contributed by atoms with Crippen molar-refractivity contribution in [3.63, 3.8) is 0 Å². The fourth-order valence-corrected chi connectivity index (χ4v) is 1.55. The van der Waals surface area contributed by atoms with Crippen LogP contribution in [0.4, 0.5) is 5.82 Å². The number of halogens is 2. The molecule has 1 aromatic heterocycles. The molecule has 16 heavy (non-hydrogen) atoms. The number of pyridine rings is 1. The van der Waals surface area contributed by atoms with Gasteiger partial charge >= 0.3 is 0 Å². The van der Waals surface area contributed by atoms with Crippen molar-refractivity contribution < 1.29 is 0 Å². The van der Waals surface area contributed by atoms with E-state index in [0.29, 0.717) is 16.6 Å². The zero-order chi connectivity index (χ0) is 11.4. The van der Waals surface area contributed by atoms with E-state index in [-0.39, 0.29) is 0 Å². The number of rotatable bonds is 3. The first-order valence-electron chi connectivity index (χ1n) is 4.84. The summed E-state index contributed by atoms with van der Waals surface area (Å²) < 4.78 is 0. The van der Waals surface area contributed by atoms with Crippen LogP contribution in [0.5, 0.6) is 0 Å². The Kier molecular flexibility index (Phi) is 3.65. The average Bonchev–Trinajstić information content (AvgIpc) is 2.32. The van der Waals surface area contributed by atoms with Crippen molar-refractivity contribution >= 4 is 29.0 Å². The van der Waals surface area contributed by atoms with E-state index < -0.39 is 0 Å². The van der Waals surface area contributed by atoms with Gasteiger partial charge in [0.05, 0.1) is 10.0 Å². The van der Waals surface area contributed by atoms with Crippen molar-refractivity contribution in [2.24, 2.45) is 0 Å². The molecule has 1 aromatic carbocycles. The Morgan fingerprint density at radius 1 is 1.06 bits per heavy atom. The second-order valence-corrected chi connectivity index (χ2v) is 4.14. The van der Waals surface area contributed by atoms with Gasteiger partial charge in [-0.05, 0) is 5.56 Å². The lowest BCUT2D eigenvalue weighted by Gasteiger charge is -2.06. The van der Waals surface area contributed by atoms with E-state index in [9.17, 15) is 0 Å². The number of aromatic nitrogens is 1. The Balaban J connectivity index is 2.03. The zero-order valence-electron chi connectivity index (χ0n) is 8.45. The first kappa shape index (κ1) is 11.2. The van der Waals surface area contributed by atoms with Gasteiger partial charge in [-0.25, -0.2) is 4.98 Å². The molecule has 4 heteroatoms. The molecule has 2 aromatic rings. The van der Waals surface area contributed by atoms with Crippen LogP contribution >= 0.6 is 23.2 Å². The molecule has 0 amide bonds. The first-order chi connectivity index (χ1) is 7.75. The Morgan fingerprint density at radius 3 is 2.50 bits per heavy atom. The van der Waals surface area contributed by atoms with E-state index in [1.165, 1.54) is 11.8 Å². The molecule has 0 aliphatic heterocycles. The van der Waals surface area contributed by atoms with E-state index in [1.54, 1.807) is 6.07 Å². The van der Waals surface area contributed by atoms with Crippen molar-refractivity contribution in [3.8, 4) is 0 Å². The van der Waals surface area contributed by atoms with Crippen molar-refractivity contribution in [1.29, 1.82) is 0 Å². The predicted molar refractivity (Wildman–Crippen MR) is 68.0 cm³/mol. The van der Waals surface area contributed by atoms with Gasteiger partial charge in [-0.1, -0.05) is 53.5 Å². The molecule has 0 spiro atoms. The summed E-state index contributed by atoms with van der Waals surface area (Å²) >= 11 is 11.7. The molecule has 1 N–H and O–H groups in total. The first-order valence-corrected chi connectivity index (χ1v) is 5.60. The van der Waals surface area contributed by atoms with Crippen molar-refractivity contribution in [3.05, 3.63) is 58.2 Å². The van der Waals surface area contributed by atoms with Crippen LogP contribution in [0.25, 0.3) is 0 Å². The second kappa shape index (κ2) is 5.19. The van der Waals surface area contributed by atoms with Crippen LogP contribution in [-0.4, -0.2) is 4.98 Å². The number of nitrogens with zero attached hydrogens (tertiary/aromatic N) is 1. The van der Waals surface area contributed by atoms with Crippen LogP contribution in [0, 0.1) is 0 Å². The molecular weight excluding hydrogens is 243 g/mol. The highest BCUT2D eigenvalue weighted by Gasteiger charge is 2.00. The van der Waals surface area contributed by atoms with E-state index in [2.05, 4.69) is 10.3 Å². The average molecular weight is 253 g/mol. The standard InChI is InChI=1S/C12H10Cl2N2/c13-10-6-12(16-8-11(10)14)15-7-9-4-2-1-3-5-9/h1-6,8H,7H2,(H,15,16). The highest BCUT2D eigenvalue weighted by molar-refractivity contribution is 6.42. The van der Waals surface area contributed by atoms with Crippen LogP contribution in [0.2, 0.25) is 10.0 Å². The smallest absolute Gasteiger partial charge is 0.127 e. The summed E-state index contributed by atoms with van der Waals surface area (Å²) in [6, 6.07) is 11.8. The Morgan fingerprint density at radius 2 is 1.81 bits per heavy atom. The molecule has 0 fully saturated rings. The van der Waals surface area contributed by atoms with Gasteiger partial charge in [-0.3, -0.25) is 0 Å². The van der Waals surface area contributed by atoms with Crippen LogP contribution in [0.3, 0.4) is 0 Å². The molecule has 1 heterocycles. The molecule has 82 valence electrons. The SMILES string of the molecule is Clc1cnc(NCc2ccccc2)cc1Cl. The molecule has 0 saturated heterocycles. The summed E-state index contributed by atoms with van der Waals surface area (Å²) in [6.45, 7) is 0.714. The summed E-state index contributed by atoms with van der Waals surface area (Å²) in [5, 5.41) is 4.15. The molecular formula is C12H10Cl2N2. The minimum absolute atomic E-state index is 0.465. The second-order valence-electron chi connectivity index (χ2n) is 3.32. The van der Waals surface area contributed by atoms with Gasteiger partial charge in [0.2, 0.25) is 0 Å². The summed E-state index contributed by atoms with van der Waals surface area (Å²) in [6.07, 6.45) is 1.54. The van der Waals surface area contributed by atoms with Gasteiger partial charge in [0.25, 0.3) is 0 Å². The third-order valence-corrected chi connectivity index (χ3v) is 2.84. The summed E-state index contributed by atoms with van der Waals surface area (Å²) in [7, 11) is 0. The van der Waals surface area contributed by atoms with Crippen LogP contribution in [0.1, 0.15) is 5.56 Å². The molecule has 0 saturated carbocycles. The minimum Gasteiger partial charge on any atom is -0.366 e. The van der Waals surface area contributed by atoms with Crippen molar-refractivity contribution in [2.45, 2.75) is 6.54 Å². The number of benzene rings is 1. The summed E-state index contributed by atoms with van der Waals surface area (Å²) in [5.74, 6) is 0.721. The van der Waals surface area contributed by atoms with Gasteiger partial charge < -0.3 is 5.32 Å². The molecule has 0 atom stereocenters. The zero-order valence-corrected chi connectivity index (χ0v) is 9.96. The number of hydrogen-bond donors (Lipinski definition) is 1. The summed E-state index contributed by atoms with van der Waals surface area (Å²) in [5.41, 5.74) is 1.19. The van der Waals surface area contributed by atoms with Gasteiger partial charge in [-0.2, -0.15) is 0 Å². The van der Waals surface area contributed by atoms with Crippen LogP contribution < -0.4 is 5.32 Å². The Hall–Kier alpha value is -1.25. The van der Waals surface area contributed by atoms with Gasteiger partial charge in [0.1, 0.15) is 5.82 Å². The lowest BCUT2D eigenvalue weighted by Crippen LogP contribution is -2.00. The molecule has 0 radical (unpaired) electrons.